The molecule has 0 aliphatic rings. The highest BCUT2D eigenvalue weighted by atomic mass is 35.5. The van der Waals surface area contributed by atoms with E-state index in [9.17, 15) is 18.3 Å². The van der Waals surface area contributed by atoms with Crippen molar-refractivity contribution >= 4 is 27.6 Å². The summed E-state index contributed by atoms with van der Waals surface area (Å²) >= 11 is 5.75. The summed E-state index contributed by atoms with van der Waals surface area (Å²) in [5.41, 5.74) is -1.32. The molecule has 0 radical (unpaired) electrons. The van der Waals surface area contributed by atoms with Crippen molar-refractivity contribution in [1.82, 2.24) is 4.72 Å². The van der Waals surface area contributed by atoms with Crippen LogP contribution in [-0.2, 0) is 10.0 Å². The third kappa shape index (κ3) is 4.96. The number of nitrogens with one attached hydrogen (secondary N) is 1. The van der Waals surface area contributed by atoms with Crippen LogP contribution in [0.5, 0.6) is 0 Å². The molecule has 0 heterocycles. The maximum atomic E-state index is 12.1. The minimum Gasteiger partial charge on any atom is -0.478 e. The summed E-state index contributed by atoms with van der Waals surface area (Å²) < 4.78 is 26.5. The van der Waals surface area contributed by atoms with Crippen molar-refractivity contribution in [2.24, 2.45) is 0 Å². The van der Waals surface area contributed by atoms with E-state index in [1.54, 1.807) is 6.92 Å². The zero-order chi connectivity index (χ0) is 16.3. The summed E-state index contributed by atoms with van der Waals surface area (Å²) in [6.45, 7) is 3.29. The average Bonchev–Trinajstić information content (AvgIpc) is 2.36. The Kier molecular flexibility index (Phi) is 5.75. The zero-order valence-electron chi connectivity index (χ0n) is 11.8. The molecule has 118 valence electrons. The predicted octanol–water partition coefficient (Wildman–Crippen LogP) is 1.87. The summed E-state index contributed by atoms with van der Waals surface area (Å²) in [5, 5.41) is 18.6. The van der Waals surface area contributed by atoms with Crippen LogP contribution < -0.4 is 4.72 Å². The van der Waals surface area contributed by atoms with E-state index in [0.717, 1.165) is 18.2 Å². The molecule has 1 aromatic carbocycles. The zero-order valence-corrected chi connectivity index (χ0v) is 13.3. The Bertz CT molecular complexity index is 627. The monoisotopic (exact) mass is 335 g/mol. The maximum Gasteiger partial charge on any atom is 0.337 e. The number of carbonyl (C=O) groups is 1. The van der Waals surface area contributed by atoms with Gasteiger partial charge in [-0.15, -0.1) is 0 Å². The van der Waals surface area contributed by atoms with E-state index in [0.29, 0.717) is 12.8 Å². The van der Waals surface area contributed by atoms with Crippen LogP contribution in [0.2, 0.25) is 5.02 Å². The van der Waals surface area contributed by atoms with Crippen molar-refractivity contribution in [2.75, 3.05) is 6.54 Å². The first-order valence-corrected chi connectivity index (χ1v) is 8.20. The fourth-order valence-corrected chi connectivity index (χ4v) is 3.31. The minimum absolute atomic E-state index is 0.137. The SMILES string of the molecule is CCCC(C)(O)CNS(=O)(=O)c1ccc(C(=O)O)c(Cl)c1. The fraction of sp³-hybridized carbons (Fsp3) is 0.462. The highest BCUT2D eigenvalue weighted by Crippen LogP contribution is 2.21. The van der Waals surface area contributed by atoms with Gasteiger partial charge in [0.2, 0.25) is 10.0 Å². The van der Waals surface area contributed by atoms with Crippen molar-refractivity contribution in [3.63, 3.8) is 0 Å². The van der Waals surface area contributed by atoms with Gasteiger partial charge in [0, 0.05) is 6.54 Å². The van der Waals surface area contributed by atoms with Crippen LogP contribution in [0.1, 0.15) is 37.0 Å². The molecule has 0 amide bonds. The summed E-state index contributed by atoms with van der Waals surface area (Å²) in [5.74, 6) is -1.23. The molecule has 0 aliphatic carbocycles. The third-order valence-corrected chi connectivity index (χ3v) is 4.62. The van der Waals surface area contributed by atoms with E-state index in [4.69, 9.17) is 16.7 Å². The van der Waals surface area contributed by atoms with Gasteiger partial charge in [0.05, 0.1) is 21.1 Å². The van der Waals surface area contributed by atoms with Crippen LogP contribution in [0, 0.1) is 0 Å². The molecule has 1 aromatic rings. The van der Waals surface area contributed by atoms with Gasteiger partial charge in [-0.1, -0.05) is 24.9 Å². The Hall–Kier alpha value is -1.15. The number of hydrogen-bond donors (Lipinski definition) is 3. The van der Waals surface area contributed by atoms with Crippen LogP contribution in [-0.4, -0.2) is 36.7 Å². The van der Waals surface area contributed by atoms with E-state index in [2.05, 4.69) is 4.72 Å². The first-order chi connectivity index (χ1) is 9.59. The normalized spacial score (nSPS) is 14.7. The molecule has 1 unspecified atom stereocenters. The fourth-order valence-electron chi connectivity index (χ4n) is 1.80. The number of carboxylic acids is 1. The number of rotatable bonds is 7. The standard InChI is InChI=1S/C13H18ClNO5S/c1-3-6-13(2,18)8-15-21(19,20)9-4-5-10(12(16)17)11(14)7-9/h4-5,7,15,18H,3,6,8H2,1-2H3,(H,16,17). The lowest BCUT2D eigenvalue weighted by molar-refractivity contribution is 0.0554. The molecule has 0 saturated carbocycles. The van der Waals surface area contributed by atoms with E-state index < -0.39 is 21.6 Å². The lowest BCUT2D eigenvalue weighted by Crippen LogP contribution is -2.40. The molecule has 6 nitrogen and oxygen atoms in total. The van der Waals surface area contributed by atoms with Crippen LogP contribution in [0.4, 0.5) is 0 Å². The van der Waals surface area contributed by atoms with Crippen LogP contribution in [0.15, 0.2) is 23.1 Å². The van der Waals surface area contributed by atoms with Crippen molar-refractivity contribution in [3.05, 3.63) is 28.8 Å². The van der Waals surface area contributed by atoms with Crippen molar-refractivity contribution in [1.29, 1.82) is 0 Å². The Balaban J connectivity index is 2.94. The molecule has 0 saturated heterocycles. The third-order valence-electron chi connectivity index (χ3n) is 2.91. The van der Waals surface area contributed by atoms with Gasteiger partial charge in [0.15, 0.2) is 0 Å². The molecule has 1 atom stereocenters. The first-order valence-electron chi connectivity index (χ1n) is 6.34. The number of hydrogen-bond acceptors (Lipinski definition) is 4. The minimum atomic E-state index is -3.86. The average molecular weight is 336 g/mol. The van der Waals surface area contributed by atoms with Gasteiger partial charge in [0.1, 0.15) is 0 Å². The molecular weight excluding hydrogens is 318 g/mol. The molecule has 8 heteroatoms. The predicted molar refractivity (Wildman–Crippen MR) is 79.1 cm³/mol. The van der Waals surface area contributed by atoms with Gasteiger partial charge in [-0.25, -0.2) is 17.9 Å². The summed E-state index contributed by atoms with van der Waals surface area (Å²) in [4.78, 5) is 10.7. The Labute approximate surface area is 128 Å². The molecule has 0 aromatic heterocycles. The molecule has 0 fully saturated rings. The van der Waals surface area contributed by atoms with E-state index in [1.165, 1.54) is 0 Å². The number of sulfonamides is 1. The first kappa shape index (κ1) is 17.9. The molecule has 0 spiro atoms. The van der Waals surface area contributed by atoms with E-state index in [-0.39, 0.29) is 22.0 Å². The van der Waals surface area contributed by atoms with Gasteiger partial charge < -0.3 is 10.2 Å². The maximum absolute atomic E-state index is 12.1. The lowest BCUT2D eigenvalue weighted by Gasteiger charge is -2.22. The van der Waals surface area contributed by atoms with E-state index in [1.807, 2.05) is 6.92 Å². The van der Waals surface area contributed by atoms with Gasteiger partial charge >= 0.3 is 5.97 Å². The highest BCUT2D eigenvalue weighted by molar-refractivity contribution is 7.89. The summed E-state index contributed by atoms with van der Waals surface area (Å²) in [6, 6.07) is 3.36. The number of halogens is 1. The van der Waals surface area contributed by atoms with E-state index >= 15 is 0 Å². The van der Waals surface area contributed by atoms with Crippen LogP contribution in [0.3, 0.4) is 0 Å². The lowest BCUT2D eigenvalue weighted by atomic mass is 10.0. The Morgan fingerprint density at radius 3 is 2.52 bits per heavy atom. The second-order valence-electron chi connectivity index (χ2n) is 5.02. The Morgan fingerprint density at radius 1 is 1.43 bits per heavy atom. The smallest absolute Gasteiger partial charge is 0.337 e. The van der Waals surface area contributed by atoms with Gasteiger partial charge in [0.25, 0.3) is 0 Å². The molecule has 3 N–H and O–H groups in total. The van der Waals surface area contributed by atoms with Gasteiger partial charge in [-0.3, -0.25) is 0 Å². The van der Waals surface area contributed by atoms with Gasteiger partial charge in [-0.2, -0.15) is 0 Å². The Morgan fingerprint density at radius 2 is 2.05 bits per heavy atom. The van der Waals surface area contributed by atoms with Gasteiger partial charge in [-0.05, 0) is 31.5 Å². The van der Waals surface area contributed by atoms with Crippen molar-refractivity contribution < 1.29 is 23.4 Å². The molecule has 0 aliphatic heterocycles. The van der Waals surface area contributed by atoms with Crippen LogP contribution in [0.25, 0.3) is 0 Å². The molecule has 21 heavy (non-hydrogen) atoms. The topological polar surface area (TPSA) is 104 Å². The summed E-state index contributed by atoms with van der Waals surface area (Å²) in [7, 11) is -3.86. The quantitative estimate of drug-likeness (QED) is 0.705. The number of benzene rings is 1. The molecular formula is C13H18ClNO5S. The summed E-state index contributed by atoms with van der Waals surface area (Å²) in [6.07, 6.45) is 1.17. The molecule has 1 rings (SSSR count). The van der Waals surface area contributed by atoms with Crippen molar-refractivity contribution in [2.45, 2.75) is 37.2 Å². The highest BCUT2D eigenvalue weighted by Gasteiger charge is 2.24. The largest absolute Gasteiger partial charge is 0.478 e. The van der Waals surface area contributed by atoms with Crippen molar-refractivity contribution in [3.8, 4) is 0 Å². The van der Waals surface area contributed by atoms with Crippen LogP contribution >= 0.6 is 11.6 Å². The number of aromatic carboxylic acids is 1. The molecule has 0 bridgehead atoms. The second-order valence-corrected chi connectivity index (χ2v) is 7.19. The number of carboxylic acid groups (broad SMARTS) is 1. The second kappa shape index (κ2) is 6.74. The number of aliphatic hydroxyl groups is 1.